The van der Waals surface area contributed by atoms with E-state index in [1.54, 1.807) is 5.38 Å². The van der Waals surface area contributed by atoms with E-state index in [1.165, 1.54) is 11.3 Å². The van der Waals surface area contributed by atoms with Crippen molar-refractivity contribution in [1.82, 2.24) is 14.5 Å². The predicted octanol–water partition coefficient (Wildman–Crippen LogP) is 4.07. The lowest BCUT2D eigenvalue weighted by atomic mass is 10.1. The summed E-state index contributed by atoms with van der Waals surface area (Å²) in [5.74, 6) is 1.18. The second-order valence-electron chi connectivity index (χ2n) is 6.05. The normalized spacial score (nSPS) is 10.2. The van der Waals surface area contributed by atoms with Crippen molar-refractivity contribution < 1.29 is 4.79 Å². The first-order valence-corrected chi connectivity index (χ1v) is 9.00. The topological polar surface area (TPSA) is 85.8 Å². The molecule has 3 aromatic rings. The number of carbonyl (C=O) groups is 1. The van der Waals surface area contributed by atoms with Gasteiger partial charge in [0.1, 0.15) is 16.5 Å². The van der Waals surface area contributed by atoms with Gasteiger partial charge < -0.3 is 15.6 Å². The average Bonchev–Trinajstić information content (AvgIpc) is 3.24. The zero-order valence-corrected chi connectivity index (χ0v) is 17.5. The molecule has 27 heavy (non-hydrogen) atoms. The van der Waals surface area contributed by atoms with Gasteiger partial charge in [-0.25, -0.2) is 9.97 Å². The first kappa shape index (κ1) is 23.1. The fraction of sp³-hybridized carbons (Fsp3) is 0.278. The van der Waals surface area contributed by atoms with Crippen molar-refractivity contribution >= 4 is 47.7 Å². The fourth-order valence-corrected chi connectivity index (χ4v) is 3.26. The Hall–Kier alpha value is -1.93. The van der Waals surface area contributed by atoms with Crippen LogP contribution in [-0.2, 0) is 13.1 Å². The van der Waals surface area contributed by atoms with Crippen LogP contribution in [0.25, 0.3) is 0 Å². The van der Waals surface area contributed by atoms with Gasteiger partial charge in [0.2, 0.25) is 0 Å². The fourth-order valence-electron chi connectivity index (χ4n) is 2.60. The molecule has 2 aromatic heterocycles. The summed E-state index contributed by atoms with van der Waals surface area (Å²) in [5, 5.41) is 5.37. The van der Waals surface area contributed by atoms with Crippen LogP contribution < -0.4 is 11.1 Å². The zero-order chi connectivity index (χ0) is 17.8. The summed E-state index contributed by atoms with van der Waals surface area (Å²) in [6.07, 6.45) is 3.79. The van der Waals surface area contributed by atoms with E-state index in [0.717, 1.165) is 22.1 Å². The monoisotopic (exact) mass is 427 g/mol. The molecule has 1 aromatic carbocycles. The molecule has 1 amide bonds. The van der Waals surface area contributed by atoms with Crippen LogP contribution >= 0.6 is 36.2 Å². The molecule has 3 rings (SSSR count). The molecule has 0 bridgehead atoms. The number of imidazole rings is 1. The van der Waals surface area contributed by atoms with E-state index in [1.807, 2.05) is 36.7 Å². The van der Waals surface area contributed by atoms with Crippen LogP contribution in [0.2, 0.25) is 0 Å². The van der Waals surface area contributed by atoms with Crippen molar-refractivity contribution in [2.75, 3.05) is 5.32 Å². The van der Waals surface area contributed by atoms with Gasteiger partial charge in [0.15, 0.2) is 0 Å². The van der Waals surface area contributed by atoms with Crippen LogP contribution in [0, 0.1) is 0 Å². The molecule has 0 spiro atoms. The number of halogens is 2. The molecule has 6 nitrogen and oxygen atoms in total. The third-order valence-electron chi connectivity index (χ3n) is 3.76. The SMILES string of the molecule is CC(C)c1nccn1Cc1cccc(NC(=O)c2csc(CN)n2)c1.Cl.Cl. The Morgan fingerprint density at radius 2 is 2.11 bits per heavy atom. The number of benzene rings is 1. The Labute approximate surface area is 175 Å². The molecule has 2 heterocycles. The Balaban J connectivity index is 0.00000182. The van der Waals surface area contributed by atoms with Crippen LogP contribution in [0.15, 0.2) is 42.0 Å². The number of anilines is 1. The second kappa shape index (κ2) is 10.4. The second-order valence-corrected chi connectivity index (χ2v) is 7.00. The first-order valence-electron chi connectivity index (χ1n) is 8.12. The summed E-state index contributed by atoms with van der Waals surface area (Å²) in [6.45, 7) is 5.31. The molecular formula is C18H23Cl2N5OS. The number of aromatic nitrogens is 3. The number of thiazole rings is 1. The molecule has 0 radical (unpaired) electrons. The van der Waals surface area contributed by atoms with Gasteiger partial charge in [-0.15, -0.1) is 36.2 Å². The van der Waals surface area contributed by atoms with E-state index in [4.69, 9.17) is 5.73 Å². The van der Waals surface area contributed by atoms with E-state index in [2.05, 4.69) is 33.7 Å². The summed E-state index contributed by atoms with van der Waals surface area (Å²) in [4.78, 5) is 20.9. The molecule has 0 aliphatic carbocycles. The Morgan fingerprint density at radius 1 is 1.33 bits per heavy atom. The molecule has 0 unspecified atom stereocenters. The number of carbonyl (C=O) groups excluding carboxylic acids is 1. The summed E-state index contributed by atoms with van der Waals surface area (Å²) >= 11 is 1.39. The maximum absolute atomic E-state index is 12.3. The standard InChI is InChI=1S/C18H21N5OS.2ClH/c1-12(2)17-20-6-7-23(17)10-13-4-3-5-14(8-13)21-18(24)15-11-25-16(9-19)22-15;;/h3-8,11-12H,9-10,19H2,1-2H3,(H,21,24);2*1H. The van der Waals surface area contributed by atoms with E-state index in [9.17, 15) is 4.79 Å². The van der Waals surface area contributed by atoms with Crippen LogP contribution in [-0.4, -0.2) is 20.4 Å². The van der Waals surface area contributed by atoms with Crippen LogP contribution in [0.4, 0.5) is 5.69 Å². The number of nitrogens with zero attached hydrogens (tertiary/aromatic N) is 3. The number of hydrogen-bond donors (Lipinski definition) is 2. The Morgan fingerprint density at radius 3 is 2.78 bits per heavy atom. The van der Waals surface area contributed by atoms with Crippen molar-refractivity contribution in [1.29, 1.82) is 0 Å². The summed E-state index contributed by atoms with van der Waals surface area (Å²) in [5.41, 5.74) is 7.78. The van der Waals surface area contributed by atoms with Gasteiger partial charge >= 0.3 is 0 Å². The molecule has 0 aliphatic heterocycles. The zero-order valence-electron chi connectivity index (χ0n) is 15.1. The van der Waals surface area contributed by atoms with Gasteiger partial charge in [0, 0.05) is 42.5 Å². The molecule has 0 atom stereocenters. The lowest BCUT2D eigenvalue weighted by molar-refractivity contribution is 0.102. The minimum Gasteiger partial charge on any atom is -0.330 e. The van der Waals surface area contributed by atoms with Crippen LogP contribution in [0.5, 0.6) is 0 Å². The van der Waals surface area contributed by atoms with Gasteiger partial charge in [0.25, 0.3) is 5.91 Å². The highest BCUT2D eigenvalue weighted by Crippen LogP contribution is 2.17. The highest BCUT2D eigenvalue weighted by Gasteiger charge is 2.11. The number of nitrogens with one attached hydrogen (secondary N) is 1. The molecule has 0 fully saturated rings. The highest BCUT2D eigenvalue weighted by molar-refractivity contribution is 7.09. The van der Waals surface area contributed by atoms with Crippen molar-refractivity contribution in [3.63, 3.8) is 0 Å². The summed E-state index contributed by atoms with van der Waals surface area (Å²) < 4.78 is 2.12. The molecule has 146 valence electrons. The highest BCUT2D eigenvalue weighted by atomic mass is 35.5. The van der Waals surface area contributed by atoms with Gasteiger partial charge in [-0.2, -0.15) is 0 Å². The minimum absolute atomic E-state index is 0. The third-order valence-corrected chi connectivity index (χ3v) is 4.63. The van der Waals surface area contributed by atoms with Crippen LogP contribution in [0.3, 0.4) is 0 Å². The first-order chi connectivity index (χ1) is 12.1. The van der Waals surface area contributed by atoms with E-state index >= 15 is 0 Å². The van der Waals surface area contributed by atoms with Crippen LogP contribution in [0.1, 0.15) is 46.6 Å². The number of nitrogens with two attached hydrogens (primary N) is 1. The maximum Gasteiger partial charge on any atom is 0.275 e. The maximum atomic E-state index is 12.3. The minimum atomic E-state index is -0.224. The molecule has 0 saturated heterocycles. The van der Waals surface area contributed by atoms with Gasteiger partial charge in [-0.05, 0) is 17.7 Å². The third kappa shape index (κ3) is 5.77. The van der Waals surface area contributed by atoms with Crippen molar-refractivity contribution in [3.8, 4) is 0 Å². The quantitative estimate of drug-likeness (QED) is 0.620. The van der Waals surface area contributed by atoms with Crippen molar-refractivity contribution in [2.24, 2.45) is 5.73 Å². The lowest BCUT2D eigenvalue weighted by Gasteiger charge is -2.11. The Kier molecular flexibility index (Phi) is 8.92. The number of hydrogen-bond acceptors (Lipinski definition) is 5. The molecule has 9 heteroatoms. The van der Waals surface area contributed by atoms with Gasteiger partial charge in [0.05, 0.1) is 0 Å². The molecule has 0 aliphatic rings. The smallest absolute Gasteiger partial charge is 0.275 e. The molecule has 3 N–H and O–H groups in total. The number of amides is 1. The lowest BCUT2D eigenvalue weighted by Crippen LogP contribution is -2.13. The average molecular weight is 428 g/mol. The Bertz CT molecular complexity index is 878. The number of rotatable bonds is 6. The summed E-state index contributed by atoms with van der Waals surface area (Å²) in [6, 6.07) is 7.81. The molecular weight excluding hydrogens is 405 g/mol. The van der Waals surface area contributed by atoms with Gasteiger partial charge in [-0.3, -0.25) is 4.79 Å². The van der Waals surface area contributed by atoms with E-state index in [-0.39, 0.29) is 30.7 Å². The predicted molar refractivity (Wildman–Crippen MR) is 114 cm³/mol. The van der Waals surface area contributed by atoms with E-state index < -0.39 is 0 Å². The summed E-state index contributed by atoms with van der Waals surface area (Å²) in [7, 11) is 0. The van der Waals surface area contributed by atoms with Crippen molar-refractivity contribution in [2.45, 2.75) is 32.9 Å². The van der Waals surface area contributed by atoms with E-state index in [0.29, 0.717) is 24.7 Å². The largest absolute Gasteiger partial charge is 0.330 e. The van der Waals surface area contributed by atoms with Gasteiger partial charge in [-0.1, -0.05) is 26.0 Å². The van der Waals surface area contributed by atoms with Crippen molar-refractivity contribution in [3.05, 3.63) is 64.1 Å². The molecule has 0 saturated carbocycles.